The summed E-state index contributed by atoms with van der Waals surface area (Å²) in [6.07, 6.45) is 0. The van der Waals surface area contributed by atoms with Gasteiger partial charge in [0.15, 0.2) is 0 Å². The van der Waals surface area contributed by atoms with Crippen LogP contribution in [0.3, 0.4) is 0 Å². The van der Waals surface area contributed by atoms with Crippen LogP contribution in [0, 0.1) is 20.8 Å². The largest absolute Gasteiger partial charge is 0.354 e. The summed E-state index contributed by atoms with van der Waals surface area (Å²) in [5.74, 6) is -0.492. The lowest BCUT2D eigenvalue weighted by atomic mass is 9.87. The standard InChI is InChI=1S/C23H17N3O2S/c24-15-29-21-13-7-5-10-17(21)19(14-26(27)28)22-18-11-4-6-12-20(18)25-23(22)16-8-2-1-3-9-16/h1-13,19,25H,14H2. The number of hydrogen-bond donors (Lipinski definition) is 1. The molecule has 0 aliphatic carbocycles. The number of nitrogens with one attached hydrogen (secondary N) is 1. The minimum Gasteiger partial charge on any atom is -0.354 e. The lowest BCUT2D eigenvalue weighted by Gasteiger charge is -2.18. The summed E-state index contributed by atoms with van der Waals surface area (Å²) in [6.45, 7) is -0.259. The highest BCUT2D eigenvalue weighted by molar-refractivity contribution is 8.03. The number of aromatic amines is 1. The molecule has 0 aliphatic rings. The van der Waals surface area contributed by atoms with Crippen LogP contribution in [-0.2, 0) is 0 Å². The molecule has 3 aromatic carbocycles. The van der Waals surface area contributed by atoms with Crippen molar-refractivity contribution in [3.05, 3.63) is 100 Å². The van der Waals surface area contributed by atoms with Gasteiger partial charge in [-0.1, -0.05) is 66.7 Å². The van der Waals surface area contributed by atoms with Gasteiger partial charge in [-0.05, 0) is 40.6 Å². The van der Waals surface area contributed by atoms with E-state index >= 15 is 0 Å². The summed E-state index contributed by atoms with van der Waals surface area (Å²) in [5, 5.41) is 23.9. The molecule has 0 radical (unpaired) electrons. The van der Waals surface area contributed by atoms with E-state index in [1.807, 2.05) is 78.9 Å². The molecule has 0 spiro atoms. The summed E-state index contributed by atoms with van der Waals surface area (Å²) in [5.41, 5.74) is 4.44. The molecule has 0 amide bonds. The first-order chi connectivity index (χ1) is 14.2. The minimum atomic E-state index is -0.492. The van der Waals surface area contributed by atoms with Gasteiger partial charge in [0, 0.05) is 20.7 Å². The van der Waals surface area contributed by atoms with Crippen LogP contribution in [0.15, 0.2) is 83.8 Å². The van der Waals surface area contributed by atoms with Gasteiger partial charge in [0.2, 0.25) is 6.54 Å². The Labute approximate surface area is 172 Å². The Hall–Kier alpha value is -3.56. The Morgan fingerprint density at radius 2 is 1.69 bits per heavy atom. The molecule has 1 atom stereocenters. The van der Waals surface area contributed by atoms with Gasteiger partial charge in [-0.25, -0.2) is 0 Å². The van der Waals surface area contributed by atoms with E-state index in [2.05, 4.69) is 10.4 Å². The Morgan fingerprint density at radius 3 is 2.45 bits per heavy atom. The number of aromatic nitrogens is 1. The lowest BCUT2D eigenvalue weighted by Crippen LogP contribution is -2.15. The van der Waals surface area contributed by atoms with Crippen molar-refractivity contribution in [2.45, 2.75) is 10.8 Å². The highest BCUT2D eigenvalue weighted by Crippen LogP contribution is 2.41. The fraction of sp³-hybridized carbons (Fsp3) is 0.0870. The number of hydrogen-bond acceptors (Lipinski definition) is 4. The molecule has 1 aromatic heterocycles. The zero-order valence-corrected chi connectivity index (χ0v) is 16.2. The average molecular weight is 399 g/mol. The zero-order chi connectivity index (χ0) is 20.2. The first-order valence-electron chi connectivity index (χ1n) is 9.11. The first-order valence-corrected chi connectivity index (χ1v) is 9.93. The van der Waals surface area contributed by atoms with Gasteiger partial charge >= 0.3 is 0 Å². The Kier molecular flexibility index (Phi) is 5.32. The van der Waals surface area contributed by atoms with Gasteiger partial charge < -0.3 is 4.98 Å². The van der Waals surface area contributed by atoms with Crippen molar-refractivity contribution in [1.82, 2.24) is 4.98 Å². The number of nitriles is 1. The van der Waals surface area contributed by atoms with Crippen LogP contribution < -0.4 is 0 Å². The molecule has 0 saturated carbocycles. The van der Waals surface area contributed by atoms with Gasteiger partial charge in [0.1, 0.15) is 5.40 Å². The van der Waals surface area contributed by atoms with Crippen LogP contribution in [0.4, 0.5) is 0 Å². The molecule has 0 fully saturated rings. The van der Waals surface area contributed by atoms with E-state index in [9.17, 15) is 15.4 Å². The number of fused-ring (bicyclic) bond motifs is 1. The second-order valence-corrected chi connectivity index (χ2v) is 7.45. The molecule has 4 rings (SSSR count). The predicted molar refractivity (Wildman–Crippen MR) is 115 cm³/mol. The number of thioether (sulfide) groups is 1. The van der Waals surface area contributed by atoms with Gasteiger partial charge in [-0.15, -0.1) is 0 Å². The van der Waals surface area contributed by atoms with Crippen LogP contribution in [0.25, 0.3) is 22.2 Å². The molecule has 4 aromatic rings. The molecule has 5 nitrogen and oxygen atoms in total. The summed E-state index contributed by atoms with van der Waals surface area (Å²) in [6, 6.07) is 25.1. The number of nitrogens with zero attached hydrogens (tertiary/aromatic N) is 2. The minimum absolute atomic E-state index is 0.259. The normalized spacial score (nSPS) is 11.8. The molecule has 142 valence electrons. The quantitative estimate of drug-likeness (QED) is 0.192. The number of thiocyanates is 1. The maximum atomic E-state index is 11.7. The van der Waals surface area contributed by atoms with Crippen molar-refractivity contribution in [3.63, 3.8) is 0 Å². The Morgan fingerprint density at radius 1 is 1.00 bits per heavy atom. The van der Waals surface area contributed by atoms with Crippen LogP contribution in [0.2, 0.25) is 0 Å². The fourth-order valence-electron chi connectivity index (χ4n) is 3.76. The number of para-hydroxylation sites is 1. The van der Waals surface area contributed by atoms with Crippen molar-refractivity contribution in [2.24, 2.45) is 0 Å². The predicted octanol–water partition coefficient (Wildman–Crippen LogP) is 5.82. The van der Waals surface area contributed by atoms with E-state index in [0.29, 0.717) is 0 Å². The number of H-pyrrole nitrogens is 1. The second-order valence-electron chi connectivity index (χ2n) is 6.62. The van der Waals surface area contributed by atoms with E-state index in [1.165, 1.54) is 0 Å². The first kappa shape index (κ1) is 18.8. The van der Waals surface area contributed by atoms with Crippen molar-refractivity contribution in [2.75, 3.05) is 6.54 Å². The van der Waals surface area contributed by atoms with Gasteiger partial charge in [-0.3, -0.25) is 10.1 Å². The van der Waals surface area contributed by atoms with Crippen LogP contribution in [-0.4, -0.2) is 16.5 Å². The van der Waals surface area contributed by atoms with Crippen LogP contribution in [0.5, 0.6) is 0 Å². The highest BCUT2D eigenvalue weighted by Gasteiger charge is 2.29. The van der Waals surface area contributed by atoms with Crippen LogP contribution in [0.1, 0.15) is 17.0 Å². The van der Waals surface area contributed by atoms with E-state index in [-0.39, 0.29) is 11.5 Å². The maximum Gasteiger partial charge on any atom is 0.214 e. The zero-order valence-electron chi connectivity index (χ0n) is 15.4. The number of benzene rings is 3. The van der Waals surface area contributed by atoms with Crippen molar-refractivity contribution >= 4 is 22.7 Å². The third kappa shape index (κ3) is 3.73. The lowest BCUT2D eigenvalue weighted by molar-refractivity contribution is -0.481. The summed E-state index contributed by atoms with van der Waals surface area (Å²) in [4.78, 5) is 15.6. The third-order valence-corrected chi connectivity index (χ3v) is 5.62. The molecule has 29 heavy (non-hydrogen) atoms. The SMILES string of the molecule is N#CSc1ccccc1C(C[N+](=O)[O-])c1c(-c2ccccc2)[nH]c2ccccc12. The topological polar surface area (TPSA) is 82.7 Å². The van der Waals surface area contributed by atoms with Gasteiger partial charge in [0.05, 0.1) is 11.6 Å². The van der Waals surface area contributed by atoms with Crippen molar-refractivity contribution in [1.29, 1.82) is 5.26 Å². The van der Waals surface area contributed by atoms with Gasteiger partial charge in [-0.2, -0.15) is 5.26 Å². The molecule has 6 heteroatoms. The fourth-order valence-corrected chi connectivity index (χ4v) is 4.34. The summed E-state index contributed by atoms with van der Waals surface area (Å²) < 4.78 is 0. The summed E-state index contributed by atoms with van der Waals surface area (Å²) in [7, 11) is 0. The smallest absolute Gasteiger partial charge is 0.214 e. The number of nitro groups is 1. The second kappa shape index (κ2) is 8.21. The van der Waals surface area contributed by atoms with E-state index in [4.69, 9.17) is 0 Å². The Balaban J connectivity index is 2.01. The van der Waals surface area contributed by atoms with Crippen LogP contribution >= 0.6 is 11.8 Å². The molecule has 0 aliphatic heterocycles. The maximum absolute atomic E-state index is 11.7. The van der Waals surface area contributed by atoms with Gasteiger partial charge in [0.25, 0.3) is 0 Å². The van der Waals surface area contributed by atoms with E-state index in [0.717, 1.165) is 49.9 Å². The Bertz CT molecular complexity index is 1210. The number of rotatable bonds is 6. The van der Waals surface area contributed by atoms with E-state index < -0.39 is 5.92 Å². The van der Waals surface area contributed by atoms with Crippen molar-refractivity contribution in [3.8, 4) is 16.7 Å². The van der Waals surface area contributed by atoms with Crippen molar-refractivity contribution < 1.29 is 4.92 Å². The highest BCUT2D eigenvalue weighted by atomic mass is 32.2. The average Bonchev–Trinajstić information content (AvgIpc) is 3.13. The summed E-state index contributed by atoms with van der Waals surface area (Å²) >= 11 is 1.03. The molecule has 1 unspecified atom stereocenters. The molecule has 1 N–H and O–H groups in total. The molecule has 0 bridgehead atoms. The molecule has 1 heterocycles. The molecular weight excluding hydrogens is 382 g/mol. The monoisotopic (exact) mass is 399 g/mol. The third-order valence-electron chi connectivity index (χ3n) is 4.94. The van der Waals surface area contributed by atoms with E-state index in [1.54, 1.807) is 0 Å². The molecular formula is C23H17N3O2S. The molecule has 0 saturated heterocycles.